The van der Waals surface area contributed by atoms with Crippen molar-refractivity contribution in [2.75, 3.05) is 17.0 Å². The van der Waals surface area contributed by atoms with E-state index in [1.54, 1.807) is 12.1 Å². The lowest BCUT2D eigenvalue weighted by Gasteiger charge is -2.06. The first-order chi connectivity index (χ1) is 5.27. The fourth-order valence-corrected chi connectivity index (χ4v) is 1.14. The minimum absolute atomic E-state index is 0.201. The SMILES string of the molecule is Oc1ccc2c(c1)NCN2O. The molecule has 1 aromatic carbocycles. The molecule has 2 rings (SSSR count). The van der Waals surface area contributed by atoms with Gasteiger partial charge in [0, 0.05) is 6.07 Å². The van der Waals surface area contributed by atoms with E-state index < -0.39 is 0 Å². The highest BCUT2D eigenvalue weighted by molar-refractivity contribution is 5.74. The summed E-state index contributed by atoms with van der Waals surface area (Å²) in [5, 5.41) is 22.2. The number of nitrogens with one attached hydrogen (secondary N) is 1. The molecule has 1 aromatic rings. The summed E-state index contributed by atoms with van der Waals surface area (Å²) >= 11 is 0. The highest BCUT2D eigenvalue weighted by Gasteiger charge is 2.15. The van der Waals surface area contributed by atoms with Crippen LogP contribution in [-0.2, 0) is 0 Å². The van der Waals surface area contributed by atoms with Crippen molar-refractivity contribution in [2.24, 2.45) is 0 Å². The van der Waals surface area contributed by atoms with E-state index in [0.717, 1.165) is 10.8 Å². The standard InChI is InChI=1S/C7H8N2O2/c10-5-1-2-7-6(3-5)8-4-9(7)11/h1-3,8,10-11H,4H2. The van der Waals surface area contributed by atoms with E-state index in [2.05, 4.69) is 5.32 Å². The average molecular weight is 152 g/mol. The van der Waals surface area contributed by atoms with Crippen molar-refractivity contribution in [1.29, 1.82) is 0 Å². The van der Waals surface area contributed by atoms with Crippen molar-refractivity contribution in [1.82, 2.24) is 0 Å². The molecule has 1 aliphatic rings. The first-order valence-electron chi connectivity index (χ1n) is 3.31. The summed E-state index contributed by atoms with van der Waals surface area (Å²) < 4.78 is 0. The molecule has 0 unspecified atom stereocenters. The second kappa shape index (κ2) is 2.03. The Morgan fingerprint density at radius 1 is 1.45 bits per heavy atom. The van der Waals surface area contributed by atoms with Gasteiger partial charge in [-0.25, -0.2) is 5.06 Å². The zero-order valence-electron chi connectivity index (χ0n) is 5.78. The summed E-state index contributed by atoms with van der Waals surface area (Å²) in [6.45, 7) is 0.374. The zero-order valence-corrected chi connectivity index (χ0v) is 5.78. The molecule has 0 amide bonds. The summed E-state index contributed by atoms with van der Waals surface area (Å²) in [5.74, 6) is 0.201. The molecule has 0 aliphatic carbocycles. The lowest BCUT2D eigenvalue weighted by molar-refractivity contribution is 0.268. The Morgan fingerprint density at radius 2 is 2.27 bits per heavy atom. The minimum atomic E-state index is 0.201. The molecule has 0 fully saturated rings. The molecule has 3 N–H and O–H groups in total. The van der Waals surface area contributed by atoms with Gasteiger partial charge in [-0.1, -0.05) is 0 Å². The molecule has 0 atom stereocenters. The number of hydroxylamine groups is 1. The van der Waals surface area contributed by atoms with Crippen molar-refractivity contribution in [3.8, 4) is 5.75 Å². The minimum Gasteiger partial charge on any atom is -0.508 e. The van der Waals surface area contributed by atoms with Gasteiger partial charge in [-0.05, 0) is 12.1 Å². The number of anilines is 2. The number of benzene rings is 1. The molecule has 0 radical (unpaired) electrons. The molecule has 0 saturated heterocycles. The number of rotatable bonds is 0. The van der Waals surface area contributed by atoms with Gasteiger partial charge in [-0.2, -0.15) is 0 Å². The topological polar surface area (TPSA) is 55.7 Å². The van der Waals surface area contributed by atoms with Crippen molar-refractivity contribution in [3.05, 3.63) is 18.2 Å². The van der Waals surface area contributed by atoms with Crippen LogP contribution in [0.3, 0.4) is 0 Å². The second-order valence-electron chi connectivity index (χ2n) is 2.44. The molecule has 0 bridgehead atoms. The third kappa shape index (κ3) is 0.877. The second-order valence-corrected chi connectivity index (χ2v) is 2.44. The number of phenols is 1. The van der Waals surface area contributed by atoms with Crippen molar-refractivity contribution in [3.63, 3.8) is 0 Å². The van der Waals surface area contributed by atoms with Gasteiger partial charge in [0.1, 0.15) is 12.4 Å². The number of aromatic hydroxyl groups is 1. The predicted octanol–water partition coefficient (Wildman–Crippen LogP) is 0.971. The van der Waals surface area contributed by atoms with Crippen LogP contribution < -0.4 is 10.4 Å². The fourth-order valence-electron chi connectivity index (χ4n) is 1.14. The normalized spacial score (nSPS) is 14.5. The van der Waals surface area contributed by atoms with Gasteiger partial charge in [-0.15, -0.1) is 0 Å². The van der Waals surface area contributed by atoms with Crippen LogP contribution in [0.2, 0.25) is 0 Å². The molecule has 4 heteroatoms. The maximum absolute atomic E-state index is 9.16. The first-order valence-corrected chi connectivity index (χ1v) is 3.31. The quantitative estimate of drug-likeness (QED) is 0.518. The van der Waals surface area contributed by atoms with Crippen LogP contribution in [0.25, 0.3) is 0 Å². The largest absolute Gasteiger partial charge is 0.508 e. The molecule has 11 heavy (non-hydrogen) atoms. The number of hydrogen-bond acceptors (Lipinski definition) is 4. The third-order valence-corrected chi connectivity index (χ3v) is 1.68. The third-order valence-electron chi connectivity index (χ3n) is 1.68. The number of nitrogens with zero attached hydrogens (tertiary/aromatic N) is 1. The number of fused-ring (bicyclic) bond motifs is 1. The lowest BCUT2D eigenvalue weighted by atomic mass is 10.2. The molecule has 4 nitrogen and oxygen atoms in total. The van der Waals surface area contributed by atoms with Crippen molar-refractivity contribution < 1.29 is 10.3 Å². The first kappa shape index (κ1) is 6.30. The molecule has 0 aromatic heterocycles. The van der Waals surface area contributed by atoms with E-state index >= 15 is 0 Å². The Labute approximate surface area is 63.6 Å². The van der Waals surface area contributed by atoms with Gasteiger partial charge >= 0.3 is 0 Å². The smallest absolute Gasteiger partial charge is 0.117 e. The van der Waals surface area contributed by atoms with Crippen LogP contribution in [0, 0.1) is 0 Å². The fraction of sp³-hybridized carbons (Fsp3) is 0.143. The molecule has 0 saturated carbocycles. The molecular weight excluding hydrogens is 144 g/mol. The molecule has 1 heterocycles. The van der Waals surface area contributed by atoms with Crippen LogP contribution in [0.15, 0.2) is 18.2 Å². The van der Waals surface area contributed by atoms with Crippen molar-refractivity contribution >= 4 is 11.4 Å². The van der Waals surface area contributed by atoms with E-state index in [9.17, 15) is 0 Å². The van der Waals surface area contributed by atoms with Gasteiger partial charge < -0.3 is 10.4 Å². The maximum atomic E-state index is 9.16. The van der Waals surface area contributed by atoms with E-state index in [1.165, 1.54) is 6.07 Å². The van der Waals surface area contributed by atoms with E-state index in [4.69, 9.17) is 10.3 Å². The van der Waals surface area contributed by atoms with Gasteiger partial charge in [0.2, 0.25) is 0 Å². The Balaban J connectivity index is 2.50. The average Bonchev–Trinajstić information content (AvgIpc) is 2.32. The van der Waals surface area contributed by atoms with Crippen molar-refractivity contribution in [2.45, 2.75) is 0 Å². The van der Waals surface area contributed by atoms with Gasteiger partial charge in [0.15, 0.2) is 0 Å². The highest BCUT2D eigenvalue weighted by atomic mass is 16.5. The lowest BCUT2D eigenvalue weighted by Crippen LogP contribution is -2.16. The summed E-state index contributed by atoms with van der Waals surface area (Å²) in [6.07, 6.45) is 0. The Kier molecular flexibility index (Phi) is 1.16. The summed E-state index contributed by atoms with van der Waals surface area (Å²) in [7, 11) is 0. The molecule has 1 aliphatic heterocycles. The van der Waals surface area contributed by atoms with E-state index in [-0.39, 0.29) is 5.75 Å². The van der Waals surface area contributed by atoms with Crippen LogP contribution in [-0.4, -0.2) is 17.0 Å². The van der Waals surface area contributed by atoms with Gasteiger partial charge in [-0.3, -0.25) is 5.21 Å². The summed E-state index contributed by atoms with van der Waals surface area (Å²) in [4.78, 5) is 0. The number of phenolic OH excluding ortho intramolecular Hbond substituents is 1. The van der Waals surface area contributed by atoms with Gasteiger partial charge in [0.25, 0.3) is 0 Å². The Hall–Kier alpha value is -1.42. The van der Waals surface area contributed by atoms with Gasteiger partial charge in [0.05, 0.1) is 11.4 Å². The van der Waals surface area contributed by atoms with Crippen LogP contribution in [0.1, 0.15) is 0 Å². The zero-order chi connectivity index (χ0) is 7.84. The summed E-state index contributed by atoms with van der Waals surface area (Å²) in [6, 6.07) is 4.77. The predicted molar refractivity (Wildman–Crippen MR) is 40.9 cm³/mol. The monoisotopic (exact) mass is 152 g/mol. The molecule has 58 valence electrons. The van der Waals surface area contributed by atoms with E-state index in [1.807, 2.05) is 0 Å². The van der Waals surface area contributed by atoms with Crippen LogP contribution in [0.5, 0.6) is 5.75 Å². The highest BCUT2D eigenvalue weighted by Crippen LogP contribution is 2.32. The van der Waals surface area contributed by atoms with Crippen LogP contribution >= 0.6 is 0 Å². The Morgan fingerprint density at radius 3 is 3.09 bits per heavy atom. The maximum Gasteiger partial charge on any atom is 0.117 e. The molecular formula is C7H8N2O2. The Bertz CT molecular complexity index is 288. The van der Waals surface area contributed by atoms with E-state index in [0.29, 0.717) is 12.4 Å². The number of hydrogen-bond donors (Lipinski definition) is 3. The van der Waals surface area contributed by atoms with Crippen LogP contribution in [0.4, 0.5) is 11.4 Å². The molecule has 0 spiro atoms. The summed E-state index contributed by atoms with van der Waals surface area (Å²) in [5.41, 5.74) is 1.45.